The Labute approximate surface area is 115 Å². The molecule has 0 amide bonds. The first-order chi connectivity index (χ1) is 9.15. The molecule has 2 aromatic rings. The van der Waals surface area contributed by atoms with Gasteiger partial charge in [0.05, 0.1) is 19.3 Å². The molecule has 1 aromatic heterocycles. The van der Waals surface area contributed by atoms with Gasteiger partial charge in [0.25, 0.3) is 5.56 Å². The van der Waals surface area contributed by atoms with E-state index in [4.69, 9.17) is 22.1 Å². The molecule has 0 atom stereocenters. The second-order valence-electron chi connectivity index (χ2n) is 3.91. The third-order valence-corrected chi connectivity index (χ3v) is 2.88. The molecule has 2 N–H and O–H groups in total. The van der Waals surface area contributed by atoms with Crippen molar-refractivity contribution in [2.75, 3.05) is 13.7 Å². The maximum Gasteiger partial charge on any atom is 0.266 e. The average molecular weight is 280 g/mol. The minimum atomic E-state index is -0.179. The van der Waals surface area contributed by atoms with Crippen molar-refractivity contribution < 1.29 is 4.74 Å². The lowest BCUT2D eigenvalue weighted by molar-refractivity contribution is 0.416. The Balaban J connectivity index is 2.52. The van der Waals surface area contributed by atoms with E-state index in [1.165, 1.54) is 10.7 Å². The number of aromatic nitrogens is 2. The number of benzene rings is 1. The van der Waals surface area contributed by atoms with Crippen molar-refractivity contribution in [2.24, 2.45) is 5.73 Å². The van der Waals surface area contributed by atoms with Crippen LogP contribution in [0.4, 0.5) is 0 Å². The molecule has 19 heavy (non-hydrogen) atoms. The van der Waals surface area contributed by atoms with Crippen LogP contribution >= 0.6 is 11.6 Å². The first-order valence-corrected chi connectivity index (χ1v) is 6.15. The molecule has 1 aromatic carbocycles. The predicted molar refractivity (Wildman–Crippen MR) is 74.5 cm³/mol. The maximum atomic E-state index is 11.6. The highest BCUT2D eigenvalue weighted by molar-refractivity contribution is 6.30. The SMILES string of the molecule is COc1cc(Cl)ccc1-c1ccc(=O)n(CCN)n1. The lowest BCUT2D eigenvalue weighted by atomic mass is 10.1. The summed E-state index contributed by atoms with van der Waals surface area (Å²) in [7, 11) is 1.56. The summed E-state index contributed by atoms with van der Waals surface area (Å²) in [5.74, 6) is 0.609. The Morgan fingerprint density at radius 2 is 2.16 bits per heavy atom. The number of nitrogens with two attached hydrogens (primary N) is 1. The highest BCUT2D eigenvalue weighted by Gasteiger charge is 2.09. The van der Waals surface area contributed by atoms with E-state index in [9.17, 15) is 4.79 Å². The van der Waals surface area contributed by atoms with Crippen LogP contribution in [-0.2, 0) is 6.54 Å². The molecule has 0 aliphatic carbocycles. The van der Waals surface area contributed by atoms with Gasteiger partial charge in [0.2, 0.25) is 0 Å². The minimum Gasteiger partial charge on any atom is -0.496 e. The van der Waals surface area contributed by atoms with Crippen molar-refractivity contribution in [2.45, 2.75) is 6.54 Å². The number of methoxy groups -OCH3 is 1. The van der Waals surface area contributed by atoms with E-state index in [1.807, 2.05) is 0 Å². The smallest absolute Gasteiger partial charge is 0.266 e. The van der Waals surface area contributed by atoms with E-state index >= 15 is 0 Å². The van der Waals surface area contributed by atoms with E-state index in [1.54, 1.807) is 31.4 Å². The number of halogens is 1. The van der Waals surface area contributed by atoms with Crippen LogP contribution in [0.3, 0.4) is 0 Å². The minimum absolute atomic E-state index is 0.179. The van der Waals surface area contributed by atoms with Crippen molar-refractivity contribution in [3.05, 3.63) is 45.7 Å². The van der Waals surface area contributed by atoms with Crippen molar-refractivity contribution in [1.82, 2.24) is 9.78 Å². The Bertz CT molecular complexity index is 640. The van der Waals surface area contributed by atoms with Gasteiger partial charge in [-0.15, -0.1) is 0 Å². The second-order valence-corrected chi connectivity index (χ2v) is 4.35. The zero-order valence-corrected chi connectivity index (χ0v) is 11.2. The van der Waals surface area contributed by atoms with Crippen molar-refractivity contribution in [3.8, 4) is 17.0 Å². The van der Waals surface area contributed by atoms with Gasteiger partial charge in [-0.3, -0.25) is 4.79 Å². The van der Waals surface area contributed by atoms with Gasteiger partial charge in [-0.2, -0.15) is 5.10 Å². The molecule has 0 unspecified atom stereocenters. The molecule has 0 bridgehead atoms. The van der Waals surface area contributed by atoms with E-state index < -0.39 is 0 Å². The largest absolute Gasteiger partial charge is 0.496 e. The molecule has 6 heteroatoms. The fraction of sp³-hybridized carbons (Fsp3) is 0.231. The van der Waals surface area contributed by atoms with Gasteiger partial charge in [-0.25, -0.2) is 4.68 Å². The van der Waals surface area contributed by atoms with Crippen LogP contribution in [0, 0.1) is 0 Å². The lowest BCUT2D eigenvalue weighted by Gasteiger charge is -2.10. The monoisotopic (exact) mass is 279 g/mol. The van der Waals surface area contributed by atoms with Crippen LogP contribution in [0.15, 0.2) is 35.1 Å². The summed E-state index contributed by atoms with van der Waals surface area (Å²) in [4.78, 5) is 11.6. The molecule has 2 rings (SSSR count). The van der Waals surface area contributed by atoms with Crippen LogP contribution in [-0.4, -0.2) is 23.4 Å². The number of nitrogens with zero attached hydrogens (tertiary/aromatic N) is 2. The molecule has 5 nitrogen and oxygen atoms in total. The highest BCUT2D eigenvalue weighted by Crippen LogP contribution is 2.30. The molecule has 1 heterocycles. The molecule has 0 saturated heterocycles. The second kappa shape index (κ2) is 5.86. The first kappa shape index (κ1) is 13.6. The molecule has 0 spiro atoms. The molecule has 0 aliphatic heterocycles. The summed E-state index contributed by atoms with van der Waals surface area (Å²) in [6, 6.07) is 8.38. The Kier molecular flexibility index (Phi) is 4.19. The number of rotatable bonds is 4. The molecule has 0 aliphatic rings. The third-order valence-electron chi connectivity index (χ3n) is 2.65. The number of ether oxygens (including phenoxy) is 1. The van der Waals surface area contributed by atoms with Gasteiger partial charge in [0, 0.05) is 23.2 Å². The van der Waals surface area contributed by atoms with Crippen molar-refractivity contribution >= 4 is 11.6 Å². The normalized spacial score (nSPS) is 10.5. The van der Waals surface area contributed by atoms with Gasteiger partial charge < -0.3 is 10.5 Å². The van der Waals surface area contributed by atoms with Crippen LogP contribution in [0.1, 0.15) is 0 Å². The van der Waals surface area contributed by atoms with Gasteiger partial charge >= 0.3 is 0 Å². The molecule has 100 valence electrons. The molecular weight excluding hydrogens is 266 g/mol. The summed E-state index contributed by atoms with van der Waals surface area (Å²) in [6.45, 7) is 0.733. The highest BCUT2D eigenvalue weighted by atomic mass is 35.5. The molecule has 0 fully saturated rings. The van der Waals surface area contributed by atoms with E-state index in [0.29, 0.717) is 29.6 Å². The fourth-order valence-electron chi connectivity index (χ4n) is 1.75. The fourth-order valence-corrected chi connectivity index (χ4v) is 1.91. The van der Waals surface area contributed by atoms with Gasteiger partial charge in [-0.05, 0) is 24.3 Å². The summed E-state index contributed by atoms with van der Waals surface area (Å²) < 4.78 is 6.61. The molecule has 0 saturated carbocycles. The van der Waals surface area contributed by atoms with Gasteiger partial charge in [0.15, 0.2) is 0 Å². The summed E-state index contributed by atoms with van der Waals surface area (Å²) in [5, 5.41) is 4.85. The Morgan fingerprint density at radius 3 is 2.84 bits per heavy atom. The van der Waals surface area contributed by atoms with Gasteiger partial charge in [-0.1, -0.05) is 11.6 Å². The van der Waals surface area contributed by atoms with E-state index in [-0.39, 0.29) is 5.56 Å². The van der Waals surface area contributed by atoms with E-state index in [2.05, 4.69) is 5.10 Å². The molecule has 0 radical (unpaired) electrons. The number of hydrogen-bond acceptors (Lipinski definition) is 4. The van der Waals surface area contributed by atoms with Crippen LogP contribution < -0.4 is 16.0 Å². The van der Waals surface area contributed by atoms with Crippen molar-refractivity contribution in [1.29, 1.82) is 0 Å². The summed E-state index contributed by atoms with van der Waals surface area (Å²) in [6.07, 6.45) is 0. The third kappa shape index (κ3) is 2.94. The standard InChI is InChI=1S/C13H14ClN3O2/c1-19-12-8-9(14)2-3-10(12)11-4-5-13(18)17(16-11)7-6-15/h2-5,8H,6-7,15H2,1H3. The zero-order chi connectivity index (χ0) is 13.8. The molecular formula is C13H14ClN3O2. The Hall–Kier alpha value is -1.85. The van der Waals surface area contributed by atoms with Crippen molar-refractivity contribution in [3.63, 3.8) is 0 Å². The zero-order valence-electron chi connectivity index (χ0n) is 10.5. The summed E-state index contributed by atoms with van der Waals surface area (Å²) >= 11 is 5.92. The van der Waals surface area contributed by atoms with E-state index in [0.717, 1.165) is 5.56 Å². The Morgan fingerprint density at radius 1 is 1.37 bits per heavy atom. The van der Waals surface area contributed by atoms with Crippen LogP contribution in [0.25, 0.3) is 11.3 Å². The van der Waals surface area contributed by atoms with Crippen LogP contribution in [0.2, 0.25) is 5.02 Å². The lowest BCUT2D eigenvalue weighted by Crippen LogP contribution is -2.25. The predicted octanol–water partition coefficient (Wildman–Crippen LogP) is 1.53. The first-order valence-electron chi connectivity index (χ1n) is 5.78. The maximum absolute atomic E-state index is 11.6. The summed E-state index contributed by atoms with van der Waals surface area (Å²) in [5.41, 5.74) is 6.69. The quantitative estimate of drug-likeness (QED) is 0.921. The van der Waals surface area contributed by atoms with Gasteiger partial charge in [0.1, 0.15) is 5.75 Å². The van der Waals surface area contributed by atoms with Crippen LogP contribution in [0.5, 0.6) is 5.75 Å². The topological polar surface area (TPSA) is 70.1 Å². The average Bonchev–Trinajstić information content (AvgIpc) is 2.41. The number of hydrogen-bond donors (Lipinski definition) is 1.